The van der Waals surface area contributed by atoms with Gasteiger partial charge >= 0.3 is 5.97 Å². The number of carbonyl (C=O) groups is 2. The molecule has 1 heterocycles. The molecule has 5 nitrogen and oxygen atoms in total. The highest BCUT2D eigenvalue weighted by Gasteiger charge is 2.41. The molecule has 0 saturated carbocycles. The van der Waals surface area contributed by atoms with E-state index in [1.165, 1.54) is 0 Å². The molecule has 2 rings (SSSR count). The summed E-state index contributed by atoms with van der Waals surface area (Å²) in [6.45, 7) is 4.85. The predicted molar refractivity (Wildman–Crippen MR) is 99.1 cm³/mol. The minimum atomic E-state index is -0.500. The van der Waals surface area contributed by atoms with Crippen molar-refractivity contribution in [2.24, 2.45) is 0 Å². The van der Waals surface area contributed by atoms with Crippen LogP contribution in [-0.4, -0.2) is 47.2 Å². The smallest absolute Gasteiger partial charge is 0.329 e. The highest BCUT2D eigenvalue weighted by Crippen LogP contribution is 2.32. The van der Waals surface area contributed by atoms with E-state index in [-0.39, 0.29) is 23.9 Å². The van der Waals surface area contributed by atoms with Crippen molar-refractivity contribution in [3.8, 4) is 0 Å². The summed E-state index contributed by atoms with van der Waals surface area (Å²) in [6, 6.07) is 9.23. The zero-order valence-electron chi connectivity index (χ0n) is 15.0. The first kappa shape index (κ1) is 19.8. The van der Waals surface area contributed by atoms with Gasteiger partial charge in [-0.1, -0.05) is 50.6 Å². The van der Waals surface area contributed by atoms with E-state index in [2.05, 4.69) is 0 Å². The van der Waals surface area contributed by atoms with Gasteiger partial charge in [0.1, 0.15) is 12.6 Å². The van der Waals surface area contributed by atoms with Crippen molar-refractivity contribution in [1.29, 1.82) is 0 Å². The van der Waals surface area contributed by atoms with Gasteiger partial charge in [0.25, 0.3) is 0 Å². The van der Waals surface area contributed by atoms with Crippen molar-refractivity contribution in [2.45, 2.75) is 51.1 Å². The lowest BCUT2D eigenvalue weighted by Crippen LogP contribution is -2.47. The first-order valence-electron chi connectivity index (χ1n) is 8.88. The van der Waals surface area contributed by atoms with Crippen LogP contribution in [-0.2, 0) is 25.7 Å². The van der Waals surface area contributed by atoms with E-state index >= 15 is 0 Å². The number of benzene rings is 1. The van der Waals surface area contributed by atoms with Gasteiger partial charge in [-0.3, -0.25) is 4.79 Å². The van der Waals surface area contributed by atoms with E-state index in [4.69, 9.17) is 9.47 Å². The van der Waals surface area contributed by atoms with Crippen LogP contribution in [0.5, 0.6) is 0 Å². The number of amides is 1. The Morgan fingerprint density at radius 2 is 2.00 bits per heavy atom. The molecule has 0 aromatic heterocycles. The molecular weight excluding hydrogens is 338 g/mol. The SMILES string of the molecule is CCCCOC(=O)C1CSC(CC)N1C(=O)COCc1ccccc1. The second kappa shape index (κ2) is 10.5. The quantitative estimate of drug-likeness (QED) is 0.497. The standard InChI is InChI=1S/C19H27NO4S/c1-3-5-11-24-19(22)16-14-25-18(4-2)20(16)17(21)13-23-12-15-9-7-6-8-10-15/h6-10,16,18H,3-5,11-14H2,1-2H3. The third kappa shape index (κ3) is 5.75. The van der Waals surface area contributed by atoms with Crippen molar-refractivity contribution >= 4 is 23.6 Å². The predicted octanol–water partition coefficient (Wildman–Crippen LogP) is 3.23. The van der Waals surface area contributed by atoms with Crippen molar-refractivity contribution in [3.63, 3.8) is 0 Å². The molecule has 25 heavy (non-hydrogen) atoms. The fourth-order valence-corrected chi connectivity index (χ4v) is 4.07. The Morgan fingerprint density at radius 1 is 1.24 bits per heavy atom. The zero-order chi connectivity index (χ0) is 18.1. The van der Waals surface area contributed by atoms with Crippen LogP contribution in [0.4, 0.5) is 0 Å². The van der Waals surface area contributed by atoms with Gasteiger partial charge in [0.05, 0.1) is 18.6 Å². The van der Waals surface area contributed by atoms with E-state index < -0.39 is 6.04 Å². The van der Waals surface area contributed by atoms with Gasteiger partial charge in [-0.15, -0.1) is 11.8 Å². The summed E-state index contributed by atoms with van der Waals surface area (Å²) in [5, 5.41) is 0.0107. The third-order valence-corrected chi connectivity index (χ3v) is 5.53. The number of hydrogen-bond donors (Lipinski definition) is 0. The van der Waals surface area contributed by atoms with Gasteiger partial charge in [-0.05, 0) is 18.4 Å². The second-order valence-corrected chi connectivity index (χ2v) is 7.22. The first-order valence-corrected chi connectivity index (χ1v) is 9.93. The molecule has 6 heteroatoms. The van der Waals surface area contributed by atoms with E-state index in [1.54, 1.807) is 16.7 Å². The highest BCUT2D eigenvalue weighted by molar-refractivity contribution is 8.00. The molecule has 1 saturated heterocycles. The molecule has 1 fully saturated rings. The van der Waals surface area contributed by atoms with E-state index in [0.717, 1.165) is 24.8 Å². The molecule has 138 valence electrons. The summed E-state index contributed by atoms with van der Waals surface area (Å²) in [4.78, 5) is 26.6. The van der Waals surface area contributed by atoms with Gasteiger partial charge in [0, 0.05) is 5.75 Å². The van der Waals surface area contributed by atoms with Crippen molar-refractivity contribution < 1.29 is 19.1 Å². The zero-order valence-corrected chi connectivity index (χ0v) is 15.8. The Balaban J connectivity index is 1.89. The fraction of sp³-hybridized carbons (Fsp3) is 0.579. The van der Waals surface area contributed by atoms with Crippen LogP contribution in [0.15, 0.2) is 30.3 Å². The van der Waals surface area contributed by atoms with Crippen LogP contribution >= 0.6 is 11.8 Å². The molecule has 1 aliphatic rings. The average molecular weight is 365 g/mol. The number of hydrogen-bond acceptors (Lipinski definition) is 5. The molecule has 0 spiro atoms. The number of carbonyl (C=O) groups excluding carboxylic acids is 2. The van der Waals surface area contributed by atoms with Gasteiger partial charge in [0.2, 0.25) is 5.91 Å². The van der Waals surface area contributed by atoms with Crippen molar-refractivity contribution in [1.82, 2.24) is 4.90 Å². The molecule has 0 bridgehead atoms. The van der Waals surface area contributed by atoms with Gasteiger partial charge < -0.3 is 14.4 Å². The lowest BCUT2D eigenvalue weighted by atomic mass is 10.2. The van der Waals surface area contributed by atoms with Crippen LogP contribution in [0.2, 0.25) is 0 Å². The molecule has 0 N–H and O–H groups in total. The molecule has 1 aliphatic heterocycles. The molecule has 2 unspecified atom stereocenters. The summed E-state index contributed by atoms with van der Waals surface area (Å²) < 4.78 is 10.9. The third-order valence-electron chi connectivity index (χ3n) is 4.08. The Hall–Kier alpha value is -1.53. The normalized spacial score (nSPS) is 19.8. The minimum Gasteiger partial charge on any atom is -0.464 e. The van der Waals surface area contributed by atoms with Crippen LogP contribution in [0, 0.1) is 0 Å². The monoisotopic (exact) mass is 365 g/mol. The van der Waals surface area contributed by atoms with Crippen LogP contribution in [0.3, 0.4) is 0 Å². The summed E-state index contributed by atoms with van der Waals surface area (Å²) in [5.41, 5.74) is 1.02. The topological polar surface area (TPSA) is 55.8 Å². The first-order chi connectivity index (χ1) is 12.2. The van der Waals surface area contributed by atoms with Crippen LogP contribution in [0.25, 0.3) is 0 Å². The number of ether oxygens (including phenoxy) is 2. The van der Waals surface area contributed by atoms with E-state index in [0.29, 0.717) is 19.0 Å². The number of thioether (sulfide) groups is 1. The molecule has 1 aromatic rings. The molecular formula is C19H27NO4S. The van der Waals surface area contributed by atoms with Gasteiger partial charge in [-0.2, -0.15) is 0 Å². The van der Waals surface area contributed by atoms with Crippen LogP contribution in [0.1, 0.15) is 38.7 Å². The maximum absolute atomic E-state index is 12.6. The Kier molecular flexibility index (Phi) is 8.28. The summed E-state index contributed by atoms with van der Waals surface area (Å²) in [7, 11) is 0. The fourth-order valence-electron chi connectivity index (χ4n) is 2.71. The maximum atomic E-state index is 12.6. The summed E-state index contributed by atoms with van der Waals surface area (Å²) in [6.07, 6.45) is 2.62. The van der Waals surface area contributed by atoms with Crippen LogP contribution < -0.4 is 0 Å². The van der Waals surface area contributed by atoms with Crippen molar-refractivity contribution in [3.05, 3.63) is 35.9 Å². The molecule has 1 aromatic carbocycles. The van der Waals surface area contributed by atoms with Gasteiger partial charge in [0.15, 0.2) is 0 Å². The number of esters is 1. The second-order valence-electron chi connectivity index (χ2n) is 6.01. The Labute approximate surface area is 154 Å². The molecule has 1 amide bonds. The highest BCUT2D eigenvalue weighted by atomic mass is 32.2. The number of rotatable bonds is 9. The van der Waals surface area contributed by atoms with Gasteiger partial charge in [-0.25, -0.2) is 4.79 Å². The summed E-state index contributed by atoms with van der Waals surface area (Å²) in [5.74, 6) is 0.145. The largest absolute Gasteiger partial charge is 0.464 e. The lowest BCUT2D eigenvalue weighted by Gasteiger charge is -2.27. The summed E-state index contributed by atoms with van der Waals surface area (Å²) >= 11 is 1.63. The average Bonchev–Trinajstić information content (AvgIpc) is 3.07. The number of nitrogens with zero attached hydrogens (tertiary/aromatic N) is 1. The lowest BCUT2D eigenvalue weighted by molar-refractivity contribution is -0.155. The minimum absolute atomic E-state index is 0.0107. The van der Waals surface area contributed by atoms with E-state index in [1.807, 2.05) is 44.2 Å². The molecule has 0 aliphatic carbocycles. The van der Waals surface area contributed by atoms with Crippen molar-refractivity contribution in [2.75, 3.05) is 19.0 Å². The molecule has 0 radical (unpaired) electrons. The van der Waals surface area contributed by atoms with E-state index in [9.17, 15) is 9.59 Å². The number of unbranched alkanes of at least 4 members (excludes halogenated alkanes) is 1. The Morgan fingerprint density at radius 3 is 2.68 bits per heavy atom. The molecule has 2 atom stereocenters. The maximum Gasteiger partial charge on any atom is 0.329 e. The Bertz CT molecular complexity index is 552.